The Bertz CT molecular complexity index is 431. The van der Waals surface area contributed by atoms with Crippen LogP contribution < -0.4 is 10.6 Å². The Balaban J connectivity index is 2.11. The van der Waals surface area contributed by atoms with Crippen molar-refractivity contribution in [2.24, 2.45) is 5.92 Å². The highest BCUT2D eigenvalue weighted by Gasteiger charge is 2.26. The van der Waals surface area contributed by atoms with E-state index in [2.05, 4.69) is 10.6 Å². The molecule has 2 amide bonds. The molecule has 1 saturated carbocycles. The number of ether oxygens (including phenoxy) is 2. The topological polar surface area (TPSA) is 93.7 Å². The van der Waals surface area contributed by atoms with Gasteiger partial charge in [-0.1, -0.05) is 0 Å². The first-order valence-electron chi connectivity index (χ1n) is 9.14. The SMILES string of the molecule is CC(=O)CCOCCNC(=O)C1CCC(NC(=O)COC(C)C)CC1. The van der Waals surface area contributed by atoms with Gasteiger partial charge < -0.3 is 20.1 Å². The van der Waals surface area contributed by atoms with Crippen LogP contribution in [0.1, 0.15) is 52.9 Å². The highest BCUT2D eigenvalue weighted by Crippen LogP contribution is 2.24. The Morgan fingerprint density at radius 3 is 2.36 bits per heavy atom. The summed E-state index contributed by atoms with van der Waals surface area (Å²) in [5.41, 5.74) is 0. The number of carbonyl (C=O) groups is 3. The van der Waals surface area contributed by atoms with E-state index >= 15 is 0 Å². The third kappa shape index (κ3) is 10.2. The number of rotatable bonds is 11. The smallest absolute Gasteiger partial charge is 0.246 e. The second kappa shape index (κ2) is 12.0. The van der Waals surface area contributed by atoms with Gasteiger partial charge in [0.15, 0.2) is 0 Å². The molecule has 1 aliphatic rings. The van der Waals surface area contributed by atoms with Gasteiger partial charge in [0, 0.05) is 24.9 Å². The highest BCUT2D eigenvalue weighted by molar-refractivity contribution is 5.79. The summed E-state index contributed by atoms with van der Waals surface area (Å²) in [6.07, 6.45) is 3.60. The van der Waals surface area contributed by atoms with Crippen LogP contribution in [-0.2, 0) is 23.9 Å². The largest absolute Gasteiger partial charge is 0.379 e. The molecule has 0 aromatic heterocycles. The lowest BCUT2D eigenvalue weighted by Gasteiger charge is -2.28. The van der Waals surface area contributed by atoms with Crippen molar-refractivity contribution >= 4 is 17.6 Å². The van der Waals surface area contributed by atoms with Gasteiger partial charge in [-0.2, -0.15) is 0 Å². The molecular weight excluding hydrogens is 324 g/mol. The molecule has 0 spiro atoms. The Hall–Kier alpha value is -1.47. The van der Waals surface area contributed by atoms with E-state index < -0.39 is 0 Å². The van der Waals surface area contributed by atoms with Gasteiger partial charge in [0.25, 0.3) is 0 Å². The van der Waals surface area contributed by atoms with Gasteiger partial charge in [-0.3, -0.25) is 14.4 Å². The van der Waals surface area contributed by atoms with Gasteiger partial charge in [0.05, 0.1) is 19.3 Å². The average molecular weight is 356 g/mol. The lowest BCUT2D eigenvalue weighted by molar-refractivity contribution is -0.128. The molecule has 0 heterocycles. The lowest BCUT2D eigenvalue weighted by atomic mass is 9.85. The van der Waals surface area contributed by atoms with Crippen molar-refractivity contribution in [3.8, 4) is 0 Å². The zero-order chi connectivity index (χ0) is 18.7. The van der Waals surface area contributed by atoms with Crippen LogP contribution in [0.5, 0.6) is 0 Å². The van der Waals surface area contributed by atoms with Crippen LogP contribution >= 0.6 is 0 Å². The molecule has 1 fully saturated rings. The first kappa shape index (κ1) is 21.6. The zero-order valence-corrected chi connectivity index (χ0v) is 15.6. The summed E-state index contributed by atoms with van der Waals surface area (Å²) >= 11 is 0. The number of carbonyl (C=O) groups excluding carboxylic acids is 3. The third-order valence-electron chi connectivity index (χ3n) is 4.15. The van der Waals surface area contributed by atoms with E-state index in [1.54, 1.807) is 0 Å². The number of hydrogen-bond acceptors (Lipinski definition) is 5. The predicted molar refractivity (Wildman–Crippen MR) is 94.1 cm³/mol. The quantitative estimate of drug-likeness (QED) is 0.543. The van der Waals surface area contributed by atoms with Crippen molar-refractivity contribution < 1.29 is 23.9 Å². The Labute approximate surface area is 150 Å². The van der Waals surface area contributed by atoms with Crippen molar-refractivity contribution in [1.29, 1.82) is 0 Å². The van der Waals surface area contributed by atoms with Crippen molar-refractivity contribution in [2.45, 2.75) is 65.0 Å². The second-order valence-corrected chi connectivity index (χ2v) is 6.83. The van der Waals surface area contributed by atoms with Gasteiger partial charge in [-0.15, -0.1) is 0 Å². The minimum absolute atomic E-state index is 0.00251. The van der Waals surface area contributed by atoms with Crippen molar-refractivity contribution in [3.05, 3.63) is 0 Å². The first-order valence-corrected chi connectivity index (χ1v) is 9.14. The van der Waals surface area contributed by atoms with Crippen LogP contribution in [0.25, 0.3) is 0 Å². The van der Waals surface area contributed by atoms with Gasteiger partial charge >= 0.3 is 0 Å². The summed E-state index contributed by atoms with van der Waals surface area (Å²) in [4.78, 5) is 34.6. The van der Waals surface area contributed by atoms with E-state index in [9.17, 15) is 14.4 Å². The highest BCUT2D eigenvalue weighted by atomic mass is 16.5. The van der Waals surface area contributed by atoms with E-state index in [4.69, 9.17) is 9.47 Å². The fourth-order valence-corrected chi connectivity index (χ4v) is 2.72. The molecule has 7 nitrogen and oxygen atoms in total. The predicted octanol–water partition coefficient (Wildman–Crippen LogP) is 1.20. The number of Topliss-reactive ketones (excluding diaryl/α,β-unsaturated/α-hetero) is 1. The summed E-state index contributed by atoms with van der Waals surface area (Å²) in [7, 11) is 0. The van der Waals surface area contributed by atoms with Gasteiger partial charge in [-0.25, -0.2) is 0 Å². The molecule has 1 aliphatic carbocycles. The normalized spacial score (nSPS) is 20.3. The summed E-state index contributed by atoms with van der Waals surface area (Å²) < 4.78 is 10.6. The summed E-state index contributed by atoms with van der Waals surface area (Å²) in [5.74, 6) is 0.0494. The standard InChI is InChI=1S/C18H32N2O5/c1-13(2)25-12-17(22)20-16-6-4-15(5-7-16)18(23)19-9-11-24-10-8-14(3)21/h13,15-16H,4-12H2,1-3H3,(H,19,23)(H,20,22). The Kier molecular flexibility index (Phi) is 10.3. The molecular formula is C18H32N2O5. The maximum Gasteiger partial charge on any atom is 0.246 e. The van der Waals surface area contributed by atoms with E-state index in [0.29, 0.717) is 26.2 Å². The van der Waals surface area contributed by atoms with Crippen molar-refractivity contribution in [2.75, 3.05) is 26.4 Å². The van der Waals surface area contributed by atoms with Gasteiger partial charge in [-0.05, 0) is 46.5 Å². The molecule has 0 aliphatic heterocycles. The zero-order valence-electron chi connectivity index (χ0n) is 15.6. The molecule has 25 heavy (non-hydrogen) atoms. The maximum absolute atomic E-state index is 12.1. The summed E-state index contributed by atoms with van der Waals surface area (Å²) in [6.45, 7) is 6.68. The first-order chi connectivity index (χ1) is 11.9. The molecule has 2 N–H and O–H groups in total. The summed E-state index contributed by atoms with van der Waals surface area (Å²) in [6, 6.07) is 0.127. The van der Waals surface area contributed by atoms with Crippen LogP contribution in [-0.4, -0.2) is 56.1 Å². The Morgan fingerprint density at radius 2 is 1.76 bits per heavy atom. The number of ketones is 1. The molecule has 0 aromatic carbocycles. The molecule has 0 bridgehead atoms. The van der Waals surface area contributed by atoms with Gasteiger partial charge in [0.2, 0.25) is 11.8 Å². The molecule has 0 saturated heterocycles. The molecule has 0 unspecified atom stereocenters. The van der Waals surface area contributed by atoms with E-state index in [-0.39, 0.29) is 42.3 Å². The third-order valence-corrected chi connectivity index (χ3v) is 4.15. The molecule has 1 rings (SSSR count). The maximum atomic E-state index is 12.1. The average Bonchev–Trinajstić information content (AvgIpc) is 2.56. The minimum atomic E-state index is -0.0932. The molecule has 144 valence electrons. The van der Waals surface area contributed by atoms with Crippen LogP contribution in [0.15, 0.2) is 0 Å². The second-order valence-electron chi connectivity index (χ2n) is 6.83. The van der Waals surface area contributed by atoms with Crippen molar-refractivity contribution in [1.82, 2.24) is 10.6 Å². The summed E-state index contributed by atoms with van der Waals surface area (Å²) in [5, 5.41) is 5.84. The van der Waals surface area contributed by atoms with E-state index in [0.717, 1.165) is 25.7 Å². The van der Waals surface area contributed by atoms with E-state index in [1.165, 1.54) is 6.92 Å². The van der Waals surface area contributed by atoms with E-state index in [1.807, 2.05) is 13.8 Å². The molecule has 7 heteroatoms. The number of hydrogen-bond donors (Lipinski definition) is 2. The van der Waals surface area contributed by atoms with Crippen LogP contribution in [0.3, 0.4) is 0 Å². The fraction of sp³-hybridized carbons (Fsp3) is 0.833. The number of amides is 2. The van der Waals surface area contributed by atoms with Crippen LogP contribution in [0, 0.1) is 5.92 Å². The number of nitrogens with one attached hydrogen (secondary N) is 2. The molecule has 0 atom stereocenters. The van der Waals surface area contributed by atoms with Crippen LogP contribution in [0.4, 0.5) is 0 Å². The van der Waals surface area contributed by atoms with Crippen LogP contribution in [0.2, 0.25) is 0 Å². The van der Waals surface area contributed by atoms with Gasteiger partial charge in [0.1, 0.15) is 12.4 Å². The lowest BCUT2D eigenvalue weighted by Crippen LogP contribution is -2.42. The van der Waals surface area contributed by atoms with Crippen molar-refractivity contribution in [3.63, 3.8) is 0 Å². The fourth-order valence-electron chi connectivity index (χ4n) is 2.72. The monoisotopic (exact) mass is 356 g/mol. The molecule has 0 radical (unpaired) electrons. The molecule has 0 aromatic rings. The Morgan fingerprint density at radius 1 is 1.08 bits per heavy atom. The minimum Gasteiger partial charge on any atom is -0.379 e.